The molecule has 1 fully saturated rings. The van der Waals surface area contributed by atoms with Gasteiger partial charge in [-0.15, -0.1) is 0 Å². The first-order valence-corrected chi connectivity index (χ1v) is 12.3. The van der Waals surface area contributed by atoms with Gasteiger partial charge in [0.2, 0.25) is 5.91 Å². The summed E-state index contributed by atoms with van der Waals surface area (Å²) < 4.78 is 0. The summed E-state index contributed by atoms with van der Waals surface area (Å²) in [6.07, 6.45) is 0.831. The molecule has 0 radical (unpaired) electrons. The number of carbonyl (C=O) groups excluding carboxylic acids is 2. The Hall–Kier alpha value is -3.06. The summed E-state index contributed by atoms with van der Waals surface area (Å²) in [7, 11) is 0. The second-order valence-electron chi connectivity index (χ2n) is 10.2. The second-order valence-corrected chi connectivity index (χ2v) is 10.6. The Morgan fingerprint density at radius 2 is 1.83 bits per heavy atom. The highest BCUT2D eigenvalue weighted by Gasteiger charge is 2.40. The Morgan fingerprint density at radius 3 is 2.43 bits per heavy atom. The number of rotatable bonds is 7. The number of urea groups is 1. The number of piperidine rings is 1. The maximum atomic E-state index is 13.4. The van der Waals surface area contributed by atoms with Gasteiger partial charge in [-0.3, -0.25) is 4.79 Å². The van der Waals surface area contributed by atoms with E-state index in [9.17, 15) is 14.4 Å². The van der Waals surface area contributed by atoms with Gasteiger partial charge in [0, 0.05) is 24.7 Å². The molecule has 1 aliphatic rings. The van der Waals surface area contributed by atoms with Crippen molar-refractivity contribution < 1.29 is 19.5 Å². The zero-order valence-electron chi connectivity index (χ0n) is 20.7. The fourth-order valence-electron chi connectivity index (χ4n) is 4.76. The Labute approximate surface area is 211 Å². The highest BCUT2D eigenvalue weighted by molar-refractivity contribution is 6.30. The van der Waals surface area contributed by atoms with Crippen LogP contribution in [-0.4, -0.2) is 47.0 Å². The van der Waals surface area contributed by atoms with Crippen LogP contribution >= 0.6 is 11.6 Å². The van der Waals surface area contributed by atoms with E-state index in [2.05, 4.69) is 36.6 Å². The highest BCUT2D eigenvalue weighted by Crippen LogP contribution is 2.42. The highest BCUT2D eigenvalue weighted by atomic mass is 35.5. The number of halogens is 1. The van der Waals surface area contributed by atoms with E-state index in [1.807, 2.05) is 30.9 Å². The van der Waals surface area contributed by atoms with E-state index in [-0.39, 0.29) is 29.3 Å². The van der Waals surface area contributed by atoms with E-state index in [1.54, 1.807) is 12.1 Å². The normalized spacial score (nSPS) is 18.1. The number of aromatic carboxylic acids is 1. The van der Waals surface area contributed by atoms with E-state index in [4.69, 9.17) is 16.7 Å². The predicted molar refractivity (Wildman–Crippen MR) is 137 cm³/mol. The minimum Gasteiger partial charge on any atom is -0.478 e. The Morgan fingerprint density at radius 1 is 1.14 bits per heavy atom. The fraction of sp³-hybridized carbons (Fsp3) is 0.444. The number of carbonyl (C=O) groups is 3. The molecular weight excluding hydrogens is 466 g/mol. The number of benzene rings is 2. The number of carboxylic acid groups (broad SMARTS) is 1. The molecule has 0 saturated carbocycles. The maximum absolute atomic E-state index is 13.4. The average molecular weight is 500 g/mol. The monoisotopic (exact) mass is 499 g/mol. The molecule has 2 aromatic carbocycles. The Kier molecular flexibility index (Phi) is 8.43. The minimum absolute atomic E-state index is 0.0920. The van der Waals surface area contributed by atoms with Crippen molar-refractivity contribution in [3.63, 3.8) is 0 Å². The molecule has 188 valence electrons. The molecule has 1 saturated heterocycles. The molecule has 0 aromatic heterocycles. The van der Waals surface area contributed by atoms with Gasteiger partial charge >= 0.3 is 12.0 Å². The maximum Gasteiger partial charge on any atom is 0.335 e. The van der Waals surface area contributed by atoms with Crippen LogP contribution in [0.2, 0.25) is 5.02 Å². The number of hydrogen-bond donors (Lipinski definition) is 3. The summed E-state index contributed by atoms with van der Waals surface area (Å²) in [5.74, 6) is -0.907. The van der Waals surface area contributed by atoms with Crippen LogP contribution < -0.4 is 10.6 Å². The lowest BCUT2D eigenvalue weighted by Gasteiger charge is -2.45. The number of nitrogens with one attached hydrogen (secondary N) is 2. The molecule has 8 heteroatoms. The predicted octanol–water partition coefficient (Wildman–Crippen LogP) is 4.90. The van der Waals surface area contributed by atoms with Crippen LogP contribution in [0, 0.1) is 11.3 Å². The van der Waals surface area contributed by atoms with Crippen molar-refractivity contribution >= 4 is 29.5 Å². The summed E-state index contributed by atoms with van der Waals surface area (Å²) in [5.41, 5.74) is 1.90. The fourth-order valence-corrected chi connectivity index (χ4v) is 4.88. The second kappa shape index (κ2) is 11.1. The minimum atomic E-state index is -1.02. The lowest BCUT2D eigenvalue weighted by atomic mass is 9.70. The lowest BCUT2D eigenvalue weighted by Crippen LogP contribution is -2.57. The number of likely N-dealkylation sites (tertiary alicyclic amines) is 1. The smallest absolute Gasteiger partial charge is 0.335 e. The van der Waals surface area contributed by atoms with E-state index < -0.39 is 18.0 Å². The van der Waals surface area contributed by atoms with E-state index in [1.165, 1.54) is 17.7 Å². The van der Waals surface area contributed by atoms with Crippen molar-refractivity contribution in [3.05, 3.63) is 70.2 Å². The number of nitrogens with zero attached hydrogens (tertiary/aromatic N) is 1. The molecule has 0 bridgehead atoms. The van der Waals surface area contributed by atoms with Crippen molar-refractivity contribution in [2.75, 3.05) is 13.1 Å². The van der Waals surface area contributed by atoms with Gasteiger partial charge in [-0.2, -0.15) is 0 Å². The van der Waals surface area contributed by atoms with E-state index in [0.717, 1.165) is 6.42 Å². The number of amides is 3. The third-order valence-electron chi connectivity index (χ3n) is 6.66. The summed E-state index contributed by atoms with van der Waals surface area (Å²) in [6, 6.07) is 13.2. The van der Waals surface area contributed by atoms with Crippen molar-refractivity contribution in [3.8, 4) is 0 Å². The lowest BCUT2D eigenvalue weighted by molar-refractivity contribution is -0.137. The van der Waals surface area contributed by atoms with Crippen LogP contribution in [0.4, 0.5) is 4.79 Å². The first-order chi connectivity index (χ1) is 16.5. The van der Waals surface area contributed by atoms with Gasteiger partial charge in [0.1, 0.15) is 6.04 Å². The van der Waals surface area contributed by atoms with Gasteiger partial charge in [-0.1, -0.05) is 63.6 Å². The summed E-state index contributed by atoms with van der Waals surface area (Å²) in [6.45, 7) is 9.52. The Bertz CT molecular complexity index is 1070. The summed E-state index contributed by atoms with van der Waals surface area (Å²) in [4.78, 5) is 39.1. The molecule has 1 heterocycles. The SMILES string of the molecule is CC(C)[C@@H](NC(=O)NCc1cccc(C(=O)O)c1)C(=O)N1CCC(c2ccc(Cl)cc2)C(C)(C)C1. The molecule has 0 aliphatic carbocycles. The first-order valence-electron chi connectivity index (χ1n) is 11.9. The van der Waals surface area contributed by atoms with Crippen LogP contribution in [-0.2, 0) is 11.3 Å². The third kappa shape index (κ3) is 6.75. The van der Waals surface area contributed by atoms with Crippen molar-refractivity contribution in [2.45, 2.75) is 52.6 Å². The molecule has 2 atom stereocenters. The molecule has 2 aromatic rings. The van der Waals surface area contributed by atoms with E-state index >= 15 is 0 Å². The first kappa shape index (κ1) is 26.5. The van der Waals surface area contributed by atoms with Crippen molar-refractivity contribution in [2.24, 2.45) is 11.3 Å². The summed E-state index contributed by atoms with van der Waals surface area (Å²) >= 11 is 6.05. The standard InChI is InChI=1S/C27H34ClN3O4/c1-17(2)23(30-26(35)29-15-18-6-5-7-20(14-18)25(33)34)24(32)31-13-12-22(27(3,4)16-31)19-8-10-21(28)11-9-19/h5-11,14,17,22-23H,12-13,15-16H2,1-4H3,(H,33,34)(H2,29,30,35)/t22?,23-/m1/s1. The molecule has 0 spiro atoms. The van der Waals surface area contributed by atoms with Crippen LogP contribution in [0.1, 0.15) is 61.5 Å². The molecule has 3 rings (SSSR count). The van der Waals surface area contributed by atoms with Gasteiger partial charge in [0.15, 0.2) is 0 Å². The van der Waals surface area contributed by atoms with Crippen LogP contribution in [0.3, 0.4) is 0 Å². The Balaban J connectivity index is 1.62. The van der Waals surface area contributed by atoms with Gasteiger partial charge in [0.25, 0.3) is 0 Å². The van der Waals surface area contributed by atoms with Crippen LogP contribution in [0.5, 0.6) is 0 Å². The average Bonchev–Trinajstić information content (AvgIpc) is 2.81. The number of hydrogen-bond acceptors (Lipinski definition) is 3. The number of carboxylic acids is 1. The van der Waals surface area contributed by atoms with E-state index in [0.29, 0.717) is 29.6 Å². The molecule has 7 nitrogen and oxygen atoms in total. The molecule has 3 N–H and O–H groups in total. The molecule has 1 unspecified atom stereocenters. The molecule has 3 amide bonds. The largest absolute Gasteiger partial charge is 0.478 e. The van der Waals surface area contributed by atoms with Crippen molar-refractivity contribution in [1.29, 1.82) is 0 Å². The van der Waals surface area contributed by atoms with Crippen molar-refractivity contribution in [1.82, 2.24) is 15.5 Å². The van der Waals surface area contributed by atoms with Crippen LogP contribution in [0.25, 0.3) is 0 Å². The van der Waals surface area contributed by atoms with Gasteiger partial charge in [-0.25, -0.2) is 9.59 Å². The summed E-state index contributed by atoms with van der Waals surface area (Å²) in [5, 5.41) is 15.4. The zero-order chi connectivity index (χ0) is 25.8. The van der Waals surface area contributed by atoms with Gasteiger partial charge in [-0.05, 0) is 59.1 Å². The third-order valence-corrected chi connectivity index (χ3v) is 6.91. The van der Waals surface area contributed by atoms with Crippen LogP contribution in [0.15, 0.2) is 48.5 Å². The molecule has 1 aliphatic heterocycles. The molecule has 35 heavy (non-hydrogen) atoms. The molecular formula is C27H34ClN3O4. The zero-order valence-corrected chi connectivity index (χ0v) is 21.4. The quantitative estimate of drug-likeness (QED) is 0.504. The van der Waals surface area contributed by atoms with Gasteiger partial charge in [0.05, 0.1) is 5.56 Å². The van der Waals surface area contributed by atoms with Gasteiger partial charge < -0.3 is 20.6 Å². The topological polar surface area (TPSA) is 98.7 Å².